The van der Waals surface area contributed by atoms with Crippen LogP contribution in [0, 0.1) is 10.7 Å². The second kappa shape index (κ2) is 8.82. The number of nitrogens with zero attached hydrogens (tertiary/aromatic N) is 5. The van der Waals surface area contributed by atoms with Crippen LogP contribution in [0.1, 0.15) is 31.7 Å². The Kier molecular flexibility index (Phi) is 5.92. The van der Waals surface area contributed by atoms with Gasteiger partial charge in [0.1, 0.15) is 5.82 Å². The minimum absolute atomic E-state index is 0.00842. The van der Waals surface area contributed by atoms with Crippen LogP contribution in [0.15, 0.2) is 35.8 Å². The number of carbonyl (C=O) groups is 1. The minimum atomic E-state index is -0.0947. The van der Waals surface area contributed by atoms with E-state index in [-0.39, 0.29) is 11.8 Å². The molecule has 7 nitrogen and oxygen atoms in total. The number of hydrogen-bond donors (Lipinski definition) is 1. The van der Waals surface area contributed by atoms with Crippen molar-refractivity contribution in [1.29, 1.82) is 0 Å². The monoisotopic (exact) mass is 474 g/mol. The number of piperidine rings is 1. The fourth-order valence-electron chi connectivity index (χ4n) is 4.01. The zero-order chi connectivity index (χ0) is 21.4. The Morgan fingerprint density at radius 1 is 1.29 bits per heavy atom. The molecule has 31 heavy (non-hydrogen) atoms. The van der Waals surface area contributed by atoms with Crippen molar-refractivity contribution in [2.75, 3.05) is 18.4 Å². The van der Waals surface area contributed by atoms with Crippen molar-refractivity contribution in [3.63, 3.8) is 0 Å². The summed E-state index contributed by atoms with van der Waals surface area (Å²) in [5.41, 5.74) is 0. The van der Waals surface area contributed by atoms with Gasteiger partial charge in [0.25, 0.3) is 0 Å². The summed E-state index contributed by atoms with van der Waals surface area (Å²) in [6.45, 7) is 2.20. The lowest BCUT2D eigenvalue weighted by Gasteiger charge is -2.31. The molecule has 1 atom stereocenters. The first-order chi connectivity index (χ1) is 15.1. The molecule has 1 aliphatic carbocycles. The Morgan fingerprint density at radius 3 is 2.87 bits per heavy atom. The standard InChI is InChI=1S/C21H23ClN6OS2/c22-15-5-8-18(23-11-15)24-20(29)14-3-1-9-26(12-14)13-27-21(30)28(16-6-7-16)19(25-27)17-4-2-10-31-17/h2,4-5,8,10-11,14,16H,1,3,6-7,9,12-13H2,(H,23,24,29)/t14-/m1/s1. The molecule has 1 saturated carbocycles. The average molecular weight is 475 g/mol. The Balaban J connectivity index is 1.29. The van der Waals surface area contributed by atoms with Crippen LogP contribution in [-0.4, -0.2) is 43.2 Å². The normalized spacial score (nSPS) is 19.5. The van der Waals surface area contributed by atoms with Crippen LogP contribution in [0.4, 0.5) is 5.82 Å². The summed E-state index contributed by atoms with van der Waals surface area (Å²) in [7, 11) is 0. The van der Waals surface area contributed by atoms with Gasteiger partial charge in [-0.15, -0.1) is 16.4 Å². The highest BCUT2D eigenvalue weighted by atomic mass is 35.5. The third-order valence-electron chi connectivity index (χ3n) is 5.71. The lowest BCUT2D eigenvalue weighted by Crippen LogP contribution is -2.41. The number of halogens is 1. The molecule has 3 aromatic heterocycles. The molecule has 1 saturated heterocycles. The van der Waals surface area contributed by atoms with Crippen molar-refractivity contribution in [3.8, 4) is 10.7 Å². The van der Waals surface area contributed by atoms with E-state index in [1.54, 1.807) is 23.5 Å². The van der Waals surface area contributed by atoms with Gasteiger partial charge in [-0.2, -0.15) is 0 Å². The van der Waals surface area contributed by atoms with Crippen molar-refractivity contribution >= 4 is 46.9 Å². The van der Waals surface area contributed by atoms with Crippen LogP contribution in [0.5, 0.6) is 0 Å². The van der Waals surface area contributed by atoms with E-state index < -0.39 is 0 Å². The second-order valence-electron chi connectivity index (χ2n) is 8.09. The lowest BCUT2D eigenvalue weighted by atomic mass is 9.97. The summed E-state index contributed by atoms with van der Waals surface area (Å²) in [5, 5.41) is 10.4. The van der Waals surface area contributed by atoms with E-state index >= 15 is 0 Å². The quantitative estimate of drug-likeness (QED) is 0.518. The summed E-state index contributed by atoms with van der Waals surface area (Å²) in [6, 6.07) is 8.04. The van der Waals surface area contributed by atoms with E-state index in [9.17, 15) is 4.79 Å². The average Bonchev–Trinajstić information content (AvgIpc) is 3.35. The van der Waals surface area contributed by atoms with Gasteiger partial charge < -0.3 is 5.32 Å². The first-order valence-electron chi connectivity index (χ1n) is 10.5. The molecule has 2 fully saturated rings. The lowest BCUT2D eigenvalue weighted by molar-refractivity contribution is -0.121. The molecule has 3 aromatic rings. The number of anilines is 1. The van der Waals surface area contributed by atoms with Crippen molar-refractivity contribution < 1.29 is 4.79 Å². The minimum Gasteiger partial charge on any atom is -0.310 e. The summed E-state index contributed by atoms with van der Waals surface area (Å²) < 4.78 is 4.90. The van der Waals surface area contributed by atoms with Crippen LogP contribution in [-0.2, 0) is 11.5 Å². The maximum absolute atomic E-state index is 12.8. The Morgan fingerprint density at radius 2 is 2.16 bits per heavy atom. The molecule has 0 bridgehead atoms. The molecule has 4 heterocycles. The third kappa shape index (κ3) is 4.59. The van der Waals surface area contributed by atoms with Crippen molar-refractivity contribution in [2.45, 2.75) is 38.4 Å². The highest BCUT2D eigenvalue weighted by Crippen LogP contribution is 2.39. The van der Waals surface area contributed by atoms with E-state index in [1.807, 2.05) is 10.7 Å². The van der Waals surface area contributed by atoms with Gasteiger partial charge >= 0.3 is 0 Å². The van der Waals surface area contributed by atoms with Crippen LogP contribution in [0.3, 0.4) is 0 Å². The topological polar surface area (TPSA) is 68.0 Å². The first kappa shape index (κ1) is 20.8. The van der Waals surface area contributed by atoms with Crippen LogP contribution >= 0.6 is 35.2 Å². The highest BCUT2D eigenvalue weighted by molar-refractivity contribution is 7.71. The van der Waals surface area contributed by atoms with Crippen molar-refractivity contribution in [2.24, 2.45) is 5.92 Å². The molecule has 10 heteroatoms. The summed E-state index contributed by atoms with van der Waals surface area (Å²) >= 11 is 13.4. The highest BCUT2D eigenvalue weighted by Gasteiger charge is 2.31. The number of aromatic nitrogens is 4. The SMILES string of the molecule is O=C(Nc1ccc(Cl)cn1)[C@@H]1CCCN(Cn2nc(-c3cccs3)n(C3CC3)c2=S)C1. The predicted molar refractivity (Wildman–Crippen MR) is 125 cm³/mol. The van der Waals surface area contributed by atoms with E-state index in [0.29, 0.717) is 30.1 Å². The third-order valence-corrected chi connectivity index (χ3v) is 7.21. The van der Waals surface area contributed by atoms with E-state index in [1.165, 1.54) is 6.20 Å². The molecule has 162 valence electrons. The molecular formula is C21H23ClN6OS2. The fraction of sp³-hybridized carbons (Fsp3) is 0.429. The van der Waals surface area contributed by atoms with Crippen LogP contribution in [0.25, 0.3) is 10.7 Å². The largest absolute Gasteiger partial charge is 0.310 e. The van der Waals surface area contributed by atoms with Crippen molar-refractivity contribution in [1.82, 2.24) is 24.2 Å². The molecule has 0 aromatic carbocycles. The molecule has 1 aliphatic heterocycles. The van der Waals surface area contributed by atoms with E-state index in [4.69, 9.17) is 28.9 Å². The number of nitrogens with one attached hydrogen (secondary N) is 1. The zero-order valence-electron chi connectivity index (χ0n) is 16.9. The van der Waals surface area contributed by atoms with Crippen LogP contribution < -0.4 is 5.32 Å². The van der Waals surface area contributed by atoms with Crippen LogP contribution in [0.2, 0.25) is 5.02 Å². The number of thiophene rings is 1. The number of rotatable bonds is 6. The Labute approximate surface area is 194 Å². The smallest absolute Gasteiger partial charge is 0.229 e. The van der Waals surface area contributed by atoms with Gasteiger partial charge in [0, 0.05) is 18.8 Å². The molecule has 5 rings (SSSR count). The number of carbonyl (C=O) groups excluding carboxylic acids is 1. The fourth-order valence-corrected chi connectivity index (χ4v) is 5.16. The Hall–Kier alpha value is -2.07. The zero-order valence-corrected chi connectivity index (χ0v) is 19.3. The van der Waals surface area contributed by atoms with Gasteiger partial charge in [-0.25, -0.2) is 9.67 Å². The summed E-state index contributed by atoms with van der Waals surface area (Å²) in [4.78, 5) is 20.3. The Bertz CT molecular complexity index is 1120. The maximum Gasteiger partial charge on any atom is 0.229 e. The predicted octanol–water partition coefficient (Wildman–Crippen LogP) is 4.83. The van der Waals surface area contributed by atoms with E-state index in [2.05, 4.69) is 31.2 Å². The summed E-state index contributed by atoms with van der Waals surface area (Å²) in [5.74, 6) is 1.38. The van der Waals surface area contributed by atoms with Gasteiger partial charge in [0.15, 0.2) is 10.6 Å². The summed E-state index contributed by atoms with van der Waals surface area (Å²) in [6.07, 6.45) is 5.67. The first-order valence-corrected chi connectivity index (χ1v) is 12.1. The van der Waals surface area contributed by atoms with Gasteiger partial charge in [0.2, 0.25) is 5.91 Å². The van der Waals surface area contributed by atoms with E-state index in [0.717, 1.165) is 47.7 Å². The van der Waals surface area contributed by atoms with Gasteiger partial charge in [-0.1, -0.05) is 17.7 Å². The number of amides is 1. The molecular weight excluding hydrogens is 452 g/mol. The number of pyridine rings is 1. The molecule has 2 aliphatic rings. The molecule has 1 amide bonds. The molecule has 0 unspecified atom stereocenters. The molecule has 1 N–H and O–H groups in total. The van der Waals surface area contributed by atoms with Gasteiger partial charge in [0.05, 0.1) is 22.5 Å². The molecule has 0 spiro atoms. The second-order valence-corrected chi connectivity index (χ2v) is 9.84. The number of hydrogen-bond acceptors (Lipinski definition) is 6. The van der Waals surface area contributed by atoms with Gasteiger partial charge in [-0.05, 0) is 68.0 Å². The maximum atomic E-state index is 12.8. The molecule has 0 radical (unpaired) electrons. The van der Waals surface area contributed by atoms with Gasteiger partial charge in [-0.3, -0.25) is 14.3 Å². The number of likely N-dealkylation sites (tertiary alicyclic amines) is 1. The van der Waals surface area contributed by atoms with Crippen molar-refractivity contribution in [3.05, 3.63) is 45.6 Å².